The van der Waals surface area contributed by atoms with Crippen LogP contribution in [0.25, 0.3) is 11.0 Å². The van der Waals surface area contributed by atoms with Crippen LogP contribution in [0.4, 0.5) is 5.69 Å². The fourth-order valence-electron chi connectivity index (χ4n) is 2.81. The number of carbonyl (C=O) groups is 1. The average Bonchev–Trinajstić information content (AvgIpc) is 3.04. The minimum absolute atomic E-state index is 0.00281. The number of hydrogen-bond acceptors (Lipinski definition) is 3. The summed E-state index contributed by atoms with van der Waals surface area (Å²) in [5.41, 5.74) is 4.04. The van der Waals surface area contributed by atoms with Crippen molar-refractivity contribution in [3.8, 4) is 0 Å². The van der Waals surface area contributed by atoms with Gasteiger partial charge in [0.1, 0.15) is 0 Å². The molecular weight excluding hydrogens is 312 g/mol. The van der Waals surface area contributed by atoms with Crippen molar-refractivity contribution in [1.29, 1.82) is 0 Å². The largest absolute Gasteiger partial charge is 0.325 e. The van der Waals surface area contributed by atoms with Crippen molar-refractivity contribution in [3.05, 3.63) is 53.9 Å². The van der Waals surface area contributed by atoms with Crippen LogP contribution < -0.4 is 5.32 Å². The number of anilines is 1. The van der Waals surface area contributed by atoms with Crippen molar-refractivity contribution in [2.45, 2.75) is 46.1 Å². The Kier molecular flexibility index (Phi) is 5.12. The van der Waals surface area contributed by atoms with Crippen molar-refractivity contribution in [1.82, 2.24) is 14.8 Å². The van der Waals surface area contributed by atoms with Gasteiger partial charge in [0.2, 0.25) is 5.91 Å². The van der Waals surface area contributed by atoms with Crippen LogP contribution in [0.5, 0.6) is 0 Å². The number of benzene rings is 1. The molecule has 25 heavy (non-hydrogen) atoms. The molecule has 3 aromatic rings. The summed E-state index contributed by atoms with van der Waals surface area (Å²) in [6.45, 7) is 6.27. The first-order valence-corrected chi connectivity index (χ1v) is 8.77. The second kappa shape index (κ2) is 7.47. The van der Waals surface area contributed by atoms with Gasteiger partial charge < -0.3 is 5.32 Å². The molecule has 0 spiro atoms. The molecule has 5 heteroatoms. The average molecular weight is 336 g/mol. The van der Waals surface area contributed by atoms with Gasteiger partial charge in [-0.15, -0.1) is 0 Å². The molecule has 1 amide bonds. The Morgan fingerprint density at radius 3 is 2.56 bits per heavy atom. The molecular formula is C20H24N4O. The smallest absolute Gasteiger partial charge is 0.224 e. The van der Waals surface area contributed by atoms with Gasteiger partial charge in [-0.3, -0.25) is 4.79 Å². The van der Waals surface area contributed by atoms with Crippen LogP contribution in [0, 0.1) is 0 Å². The van der Waals surface area contributed by atoms with Gasteiger partial charge in [0.25, 0.3) is 0 Å². The van der Waals surface area contributed by atoms with Crippen molar-refractivity contribution in [3.63, 3.8) is 0 Å². The lowest BCUT2D eigenvalue weighted by atomic mass is 10.1. The summed E-state index contributed by atoms with van der Waals surface area (Å²) in [4.78, 5) is 16.6. The van der Waals surface area contributed by atoms with E-state index < -0.39 is 0 Å². The molecule has 0 radical (unpaired) electrons. The van der Waals surface area contributed by atoms with Crippen molar-refractivity contribution >= 4 is 22.6 Å². The third kappa shape index (κ3) is 4.05. The van der Waals surface area contributed by atoms with Crippen LogP contribution in [0.2, 0.25) is 0 Å². The Bertz CT molecular complexity index is 865. The Morgan fingerprint density at radius 1 is 1.16 bits per heavy atom. The number of fused-ring (bicyclic) bond motifs is 1. The van der Waals surface area contributed by atoms with E-state index in [-0.39, 0.29) is 11.9 Å². The number of carbonyl (C=O) groups excluding carboxylic acids is 1. The highest BCUT2D eigenvalue weighted by molar-refractivity contribution is 5.92. The highest BCUT2D eigenvalue weighted by atomic mass is 16.1. The highest BCUT2D eigenvalue weighted by Gasteiger charge is 2.09. The molecule has 3 rings (SSSR count). The van der Waals surface area contributed by atoms with E-state index >= 15 is 0 Å². The summed E-state index contributed by atoms with van der Waals surface area (Å²) >= 11 is 0. The summed E-state index contributed by atoms with van der Waals surface area (Å²) in [5, 5.41) is 8.21. The third-order valence-electron chi connectivity index (χ3n) is 4.28. The van der Waals surface area contributed by atoms with Crippen LogP contribution in [0.15, 0.2) is 42.7 Å². The topological polar surface area (TPSA) is 59.8 Å². The molecule has 2 heterocycles. The highest BCUT2D eigenvalue weighted by Crippen LogP contribution is 2.19. The van der Waals surface area contributed by atoms with Crippen LogP contribution in [0.1, 0.15) is 44.4 Å². The van der Waals surface area contributed by atoms with E-state index in [2.05, 4.69) is 60.4 Å². The summed E-state index contributed by atoms with van der Waals surface area (Å²) in [5.74, 6) is -0.00281. The summed E-state index contributed by atoms with van der Waals surface area (Å²) in [6, 6.07) is 10.6. The fourth-order valence-corrected chi connectivity index (χ4v) is 2.81. The number of pyridine rings is 1. The molecule has 0 aliphatic rings. The number of aryl methyl sites for hydroxylation is 2. The molecule has 1 N–H and O–H groups in total. The first-order chi connectivity index (χ1) is 12.1. The van der Waals surface area contributed by atoms with Gasteiger partial charge in [-0.25, -0.2) is 9.67 Å². The lowest BCUT2D eigenvalue weighted by Crippen LogP contribution is -2.12. The van der Waals surface area contributed by atoms with Crippen molar-refractivity contribution < 1.29 is 4.79 Å². The molecule has 2 aromatic heterocycles. The van der Waals surface area contributed by atoms with E-state index in [1.807, 2.05) is 10.7 Å². The van der Waals surface area contributed by atoms with Gasteiger partial charge >= 0.3 is 0 Å². The van der Waals surface area contributed by atoms with Crippen LogP contribution in [0.3, 0.4) is 0 Å². The van der Waals surface area contributed by atoms with E-state index in [1.54, 1.807) is 12.4 Å². The lowest BCUT2D eigenvalue weighted by Gasteiger charge is -2.08. The molecule has 0 bridgehead atoms. The zero-order valence-corrected chi connectivity index (χ0v) is 15.0. The Hall–Kier alpha value is -2.69. The zero-order valence-electron chi connectivity index (χ0n) is 15.0. The van der Waals surface area contributed by atoms with Gasteiger partial charge in [0.05, 0.1) is 18.1 Å². The van der Waals surface area contributed by atoms with Crippen LogP contribution in [-0.2, 0) is 17.6 Å². The quantitative estimate of drug-likeness (QED) is 0.736. The summed E-state index contributed by atoms with van der Waals surface area (Å²) in [7, 11) is 0. The minimum Gasteiger partial charge on any atom is -0.325 e. The van der Waals surface area contributed by atoms with Gasteiger partial charge in [-0.05, 0) is 43.9 Å². The zero-order chi connectivity index (χ0) is 17.8. The number of aromatic nitrogens is 3. The van der Waals surface area contributed by atoms with Gasteiger partial charge in [0.15, 0.2) is 5.65 Å². The van der Waals surface area contributed by atoms with Crippen molar-refractivity contribution in [2.24, 2.45) is 0 Å². The molecule has 0 fully saturated rings. The molecule has 0 aliphatic heterocycles. The van der Waals surface area contributed by atoms with E-state index in [0.29, 0.717) is 12.1 Å². The molecule has 0 unspecified atom stereocenters. The Balaban J connectivity index is 1.61. The van der Waals surface area contributed by atoms with Gasteiger partial charge in [0, 0.05) is 17.8 Å². The second-order valence-electron chi connectivity index (χ2n) is 6.54. The maximum absolute atomic E-state index is 12.2. The molecule has 0 aliphatic carbocycles. The number of amides is 1. The van der Waals surface area contributed by atoms with E-state index in [1.165, 1.54) is 11.1 Å². The molecule has 0 saturated heterocycles. The summed E-state index contributed by atoms with van der Waals surface area (Å²) < 4.78 is 1.88. The monoisotopic (exact) mass is 336 g/mol. The van der Waals surface area contributed by atoms with E-state index in [9.17, 15) is 4.79 Å². The van der Waals surface area contributed by atoms with E-state index in [0.717, 1.165) is 23.9 Å². The first kappa shape index (κ1) is 17.1. The maximum atomic E-state index is 12.2. The first-order valence-electron chi connectivity index (χ1n) is 8.77. The fraction of sp³-hybridized carbons (Fsp3) is 0.350. The third-order valence-corrected chi connectivity index (χ3v) is 4.28. The van der Waals surface area contributed by atoms with Gasteiger partial charge in [-0.2, -0.15) is 5.10 Å². The summed E-state index contributed by atoms with van der Waals surface area (Å²) in [6.07, 6.45) is 5.69. The molecule has 0 saturated carbocycles. The predicted molar refractivity (Wildman–Crippen MR) is 101 cm³/mol. The van der Waals surface area contributed by atoms with Gasteiger partial charge in [-0.1, -0.05) is 31.2 Å². The minimum atomic E-state index is -0.00281. The number of hydrogen-bond donors (Lipinski definition) is 1. The normalized spacial score (nSPS) is 11.2. The second-order valence-corrected chi connectivity index (χ2v) is 6.54. The number of nitrogens with zero attached hydrogens (tertiary/aromatic N) is 3. The van der Waals surface area contributed by atoms with Crippen LogP contribution >= 0.6 is 0 Å². The van der Waals surface area contributed by atoms with Crippen LogP contribution in [-0.4, -0.2) is 20.7 Å². The lowest BCUT2D eigenvalue weighted by molar-refractivity contribution is -0.116. The predicted octanol–water partition coefficient (Wildman–Crippen LogP) is 4.15. The number of nitrogens with one attached hydrogen (secondary N) is 1. The Morgan fingerprint density at radius 2 is 1.88 bits per heavy atom. The molecule has 1 aromatic carbocycles. The standard InChI is InChI=1S/C20H24N4O/c1-4-15-5-7-16(8-6-15)9-10-19(25)23-18-11-17-12-22-24(14(2)3)20(17)21-13-18/h5-8,11-14H,4,9-10H2,1-3H3,(H,23,25). The molecule has 130 valence electrons. The van der Waals surface area contributed by atoms with Crippen molar-refractivity contribution in [2.75, 3.05) is 5.32 Å². The number of rotatable bonds is 6. The SMILES string of the molecule is CCc1ccc(CCC(=O)Nc2cnc3c(cnn3C(C)C)c2)cc1. The Labute approximate surface area is 148 Å². The van der Waals surface area contributed by atoms with E-state index in [4.69, 9.17) is 0 Å². The maximum Gasteiger partial charge on any atom is 0.224 e. The molecule has 5 nitrogen and oxygen atoms in total. The molecule has 0 atom stereocenters.